The normalized spacial score (nSPS) is 17.0. The highest BCUT2D eigenvalue weighted by Crippen LogP contribution is 2.36. The number of aromatic nitrogens is 2. The number of fused-ring (bicyclic) bond motifs is 1. The summed E-state index contributed by atoms with van der Waals surface area (Å²) < 4.78 is 11.1. The van der Waals surface area contributed by atoms with E-state index in [0.717, 1.165) is 23.6 Å². The Morgan fingerprint density at radius 3 is 2.92 bits per heavy atom. The molecule has 0 N–H and O–H groups in total. The molecule has 0 aliphatic carbocycles. The second-order valence-corrected chi connectivity index (χ2v) is 6.43. The topological polar surface area (TPSA) is 68.5 Å². The lowest BCUT2D eigenvalue weighted by Gasteiger charge is -2.24. The molecule has 2 aromatic carbocycles. The van der Waals surface area contributed by atoms with Gasteiger partial charge >= 0.3 is 0 Å². The van der Waals surface area contributed by atoms with Crippen LogP contribution in [0, 0.1) is 6.92 Å². The summed E-state index contributed by atoms with van der Waals surface area (Å²) in [6, 6.07) is 11.6. The fraction of sp³-hybridized carbons (Fsp3) is 0.350. The highest BCUT2D eigenvalue weighted by Gasteiger charge is 2.36. The van der Waals surface area contributed by atoms with Gasteiger partial charge in [0.1, 0.15) is 11.8 Å². The summed E-state index contributed by atoms with van der Waals surface area (Å²) in [5, 5.41) is 5.79. The SMILES string of the molecule is CCOc1ccc2ccccc2c1C(=O)N1CCCC1c1nc(C)no1. The molecule has 6 nitrogen and oxygen atoms in total. The van der Waals surface area contributed by atoms with Crippen molar-refractivity contribution in [3.05, 3.63) is 53.7 Å². The summed E-state index contributed by atoms with van der Waals surface area (Å²) in [6.45, 7) is 4.87. The van der Waals surface area contributed by atoms with E-state index < -0.39 is 0 Å². The molecule has 0 radical (unpaired) electrons. The van der Waals surface area contributed by atoms with Gasteiger partial charge in [0.25, 0.3) is 5.91 Å². The Kier molecular flexibility index (Phi) is 4.32. The van der Waals surface area contributed by atoms with E-state index in [0.29, 0.717) is 36.2 Å². The minimum Gasteiger partial charge on any atom is -0.493 e. The highest BCUT2D eigenvalue weighted by atomic mass is 16.5. The quantitative estimate of drug-likeness (QED) is 0.713. The van der Waals surface area contributed by atoms with Crippen molar-refractivity contribution in [2.24, 2.45) is 0 Å². The molecule has 4 rings (SSSR count). The van der Waals surface area contributed by atoms with Crippen LogP contribution in [-0.4, -0.2) is 34.1 Å². The van der Waals surface area contributed by atoms with Crippen LogP contribution >= 0.6 is 0 Å². The number of amides is 1. The number of hydrogen-bond acceptors (Lipinski definition) is 5. The van der Waals surface area contributed by atoms with Crippen molar-refractivity contribution in [2.75, 3.05) is 13.2 Å². The van der Waals surface area contributed by atoms with Crippen LogP contribution in [0.25, 0.3) is 10.8 Å². The predicted octanol–water partition coefficient (Wildman–Crippen LogP) is 3.91. The first-order chi connectivity index (χ1) is 12.7. The van der Waals surface area contributed by atoms with Gasteiger partial charge in [-0.2, -0.15) is 4.98 Å². The summed E-state index contributed by atoms with van der Waals surface area (Å²) in [7, 11) is 0. The maximum atomic E-state index is 13.5. The molecule has 1 fully saturated rings. The van der Waals surface area contributed by atoms with Crippen molar-refractivity contribution < 1.29 is 14.1 Å². The number of hydrogen-bond donors (Lipinski definition) is 0. The van der Waals surface area contributed by atoms with E-state index >= 15 is 0 Å². The minimum absolute atomic E-state index is 0.0522. The van der Waals surface area contributed by atoms with Gasteiger partial charge < -0.3 is 14.2 Å². The summed E-state index contributed by atoms with van der Waals surface area (Å²) in [4.78, 5) is 19.7. The van der Waals surface area contributed by atoms with Crippen molar-refractivity contribution in [3.63, 3.8) is 0 Å². The number of aryl methyl sites for hydroxylation is 1. The van der Waals surface area contributed by atoms with E-state index in [1.54, 1.807) is 6.92 Å². The number of carbonyl (C=O) groups is 1. The lowest BCUT2D eigenvalue weighted by atomic mass is 10.0. The van der Waals surface area contributed by atoms with Gasteiger partial charge in [-0.25, -0.2) is 0 Å². The second-order valence-electron chi connectivity index (χ2n) is 6.43. The van der Waals surface area contributed by atoms with E-state index in [-0.39, 0.29) is 11.9 Å². The third kappa shape index (κ3) is 2.81. The van der Waals surface area contributed by atoms with Crippen LogP contribution in [0.5, 0.6) is 5.75 Å². The van der Waals surface area contributed by atoms with Crippen LogP contribution in [0.2, 0.25) is 0 Å². The van der Waals surface area contributed by atoms with Gasteiger partial charge in [-0.3, -0.25) is 4.79 Å². The van der Waals surface area contributed by atoms with Crippen LogP contribution in [0.15, 0.2) is 40.9 Å². The molecule has 0 saturated carbocycles. The number of benzene rings is 2. The van der Waals surface area contributed by atoms with Crippen molar-refractivity contribution in [3.8, 4) is 5.75 Å². The van der Waals surface area contributed by atoms with Crippen LogP contribution < -0.4 is 4.74 Å². The van der Waals surface area contributed by atoms with Gasteiger partial charge in [-0.05, 0) is 43.5 Å². The number of likely N-dealkylation sites (tertiary alicyclic amines) is 1. The van der Waals surface area contributed by atoms with Gasteiger partial charge in [0.2, 0.25) is 5.89 Å². The lowest BCUT2D eigenvalue weighted by Crippen LogP contribution is -2.31. The Labute approximate surface area is 151 Å². The summed E-state index contributed by atoms with van der Waals surface area (Å²) in [5.74, 6) is 1.65. The minimum atomic E-state index is -0.183. The van der Waals surface area contributed by atoms with Crippen LogP contribution in [0.1, 0.15) is 47.9 Å². The number of ether oxygens (including phenoxy) is 1. The van der Waals surface area contributed by atoms with Crippen molar-refractivity contribution in [1.29, 1.82) is 0 Å². The van der Waals surface area contributed by atoms with E-state index in [4.69, 9.17) is 9.26 Å². The number of nitrogens with zero attached hydrogens (tertiary/aromatic N) is 3. The molecule has 1 atom stereocenters. The molecule has 1 amide bonds. The Morgan fingerprint density at radius 1 is 1.31 bits per heavy atom. The zero-order valence-electron chi connectivity index (χ0n) is 14.9. The molecule has 2 heterocycles. The molecule has 6 heteroatoms. The zero-order valence-corrected chi connectivity index (χ0v) is 14.9. The molecule has 1 aliphatic heterocycles. The first-order valence-electron chi connectivity index (χ1n) is 8.94. The summed E-state index contributed by atoms with van der Waals surface area (Å²) in [6.07, 6.45) is 1.73. The fourth-order valence-electron chi connectivity index (χ4n) is 3.61. The van der Waals surface area contributed by atoms with E-state index in [1.807, 2.05) is 48.2 Å². The smallest absolute Gasteiger partial charge is 0.258 e. The molecule has 3 aromatic rings. The predicted molar refractivity (Wildman–Crippen MR) is 97.2 cm³/mol. The van der Waals surface area contributed by atoms with Gasteiger partial charge in [0.05, 0.1) is 12.2 Å². The number of rotatable bonds is 4. The Morgan fingerprint density at radius 2 is 2.15 bits per heavy atom. The molecule has 1 saturated heterocycles. The van der Waals surface area contributed by atoms with Crippen molar-refractivity contribution >= 4 is 16.7 Å². The van der Waals surface area contributed by atoms with Crippen LogP contribution in [-0.2, 0) is 0 Å². The van der Waals surface area contributed by atoms with E-state index in [2.05, 4.69) is 10.1 Å². The summed E-state index contributed by atoms with van der Waals surface area (Å²) >= 11 is 0. The third-order valence-electron chi connectivity index (χ3n) is 4.75. The van der Waals surface area contributed by atoms with Crippen molar-refractivity contribution in [1.82, 2.24) is 15.0 Å². The maximum Gasteiger partial charge on any atom is 0.258 e. The lowest BCUT2D eigenvalue weighted by molar-refractivity contribution is 0.0708. The van der Waals surface area contributed by atoms with Gasteiger partial charge in [0.15, 0.2) is 5.82 Å². The molecule has 1 aliphatic rings. The van der Waals surface area contributed by atoms with Crippen LogP contribution in [0.3, 0.4) is 0 Å². The van der Waals surface area contributed by atoms with Gasteiger partial charge in [0, 0.05) is 6.54 Å². The van der Waals surface area contributed by atoms with Crippen LogP contribution in [0.4, 0.5) is 0 Å². The molecule has 134 valence electrons. The Balaban J connectivity index is 1.78. The molecular formula is C20H21N3O3. The number of carbonyl (C=O) groups excluding carboxylic acids is 1. The average molecular weight is 351 g/mol. The molecule has 0 spiro atoms. The Bertz CT molecular complexity index is 950. The van der Waals surface area contributed by atoms with E-state index in [1.165, 1.54) is 0 Å². The third-order valence-corrected chi connectivity index (χ3v) is 4.75. The average Bonchev–Trinajstić information content (AvgIpc) is 3.30. The molecule has 1 unspecified atom stereocenters. The Hall–Kier alpha value is -2.89. The fourth-order valence-corrected chi connectivity index (χ4v) is 3.61. The first-order valence-corrected chi connectivity index (χ1v) is 8.94. The second kappa shape index (κ2) is 6.78. The largest absolute Gasteiger partial charge is 0.493 e. The molecule has 1 aromatic heterocycles. The van der Waals surface area contributed by atoms with Gasteiger partial charge in [-0.1, -0.05) is 35.5 Å². The van der Waals surface area contributed by atoms with Crippen molar-refractivity contribution in [2.45, 2.75) is 32.7 Å². The summed E-state index contributed by atoms with van der Waals surface area (Å²) in [5.41, 5.74) is 0.605. The molecule has 26 heavy (non-hydrogen) atoms. The van der Waals surface area contributed by atoms with Gasteiger partial charge in [-0.15, -0.1) is 0 Å². The molecule has 0 bridgehead atoms. The van der Waals surface area contributed by atoms with E-state index in [9.17, 15) is 4.79 Å². The maximum absolute atomic E-state index is 13.5. The highest BCUT2D eigenvalue weighted by molar-refractivity contribution is 6.09. The first kappa shape index (κ1) is 16.6. The molecular weight excluding hydrogens is 330 g/mol. The standard InChI is InChI=1S/C20H21N3O3/c1-3-25-17-11-10-14-7-4-5-8-15(14)18(17)20(24)23-12-6-9-16(23)19-21-13(2)22-26-19/h4-5,7-8,10-11,16H,3,6,9,12H2,1-2H3. The monoisotopic (exact) mass is 351 g/mol. The zero-order chi connectivity index (χ0) is 18.1.